The third-order valence-electron chi connectivity index (χ3n) is 4.92. The van der Waals surface area contributed by atoms with E-state index in [2.05, 4.69) is 27.1 Å². The molecule has 0 unspecified atom stereocenters. The van der Waals surface area contributed by atoms with Crippen molar-refractivity contribution in [1.82, 2.24) is 15.3 Å². The van der Waals surface area contributed by atoms with Crippen LogP contribution in [0.2, 0.25) is 0 Å². The molecule has 9 heteroatoms. The molecule has 1 fully saturated rings. The van der Waals surface area contributed by atoms with E-state index in [1.54, 1.807) is 26.4 Å². The number of piperidine rings is 1. The first-order valence-electron chi connectivity index (χ1n) is 9.29. The number of hydrogen-bond acceptors (Lipinski definition) is 7. The number of amides is 1. The summed E-state index contributed by atoms with van der Waals surface area (Å²) in [5, 5.41) is 3.71. The summed E-state index contributed by atoms with van der Waals surface area (Å²) in [5.74, 6) is 2.37. The van der Waals surface area contributed by atoms with Gasteiger partial charge < -0.3 is 25.4 Å². The summed E-state index contributed by atoms with van der Waals surface area (Å²) >= 11 is 0. The summed E-state index contributed by atoms with van der Waals surface area (Å²) in [5.41, 5.74) is 6.88. The number of benzene rings is 1. The second kappa shape index (κ2) is 9.64. The zero-order chi connectivity index (χ0) is 19.4. The minimum Gasteiger partial charge on any atom is -0.493 e. The number of nitrogen functional groups attached to an aromatic ring is 1. The number of fused-ring (bicyclic) bond motifs is 1. The molecular weight excluding hydrogens is 382 g/mol. The van der Waals surface area contributed by atoms with Crippen LogP contribution in [0.3, 0.4) is 0 Å². The van der Waals surface area contributed by atoms with Crippen molar-refractivity contribution < 1.29 is 14.3 Å². The van der Waals surface area contributed by atoms with Gasteiger partial charge in [0.1, 0.15) is 5.82 Å². The topological polar surface area (TPSA) is 103 Å². The van der Waals surface area contributed by atoms with Crippen LogP contribution in [0, 0.1) is 5.92 Å². The van der Waals surface area contributed by atoms with Gasteiger partial charge in [-0.05, 0) is 25.3 Å². The number of nitrogens with zero attached hydrogens (tertiary/aromatic N) is 3. The highest BCUT2D eigenvalue weighted by molar-refractivity contribution is 5.91. The molecule has 1 aliphatic heterocycles. The lowest BCUT2D eigenvalue weighted by Gasteiger charge is -2.31. The molecule has 0 spiro atoms. The van der Waals surface area contributed by atoms with Crippen LogP contribution in [0.4, 0.5) is 11.8 Å². The van der Waals surface area contributed by atoms with Crippen LogP contribution in [0.1, 0.15) is 26.2 Å². The molecular formula is C19H28ClN5O3. The van der Waals surface area contributed by atoms with Gasteiger partial charge in [-0.1, -0.05) is 6.92 Å². The van der Waals surface area contributed by atoms with Gasteiger partial charge in [-0.25, -0.2) is 4.98 Å². The molecule has 1 amide bonds. The lowest BCUT2D eigenvalue weighted by Crippen LogP contribution is -2.41. The van der Waals surface area contributed by atoms with E-state index in [-0.39, 0.29) is 24.2 Å². The molecule has 0 saturated carbocycles. The predicted octanol–water partition coefficient (Wildman–Crippen LogP) is 2.39. The zero-order valence-corrected chi connectivity index (χ0v) is 17.3. The number of methoxy groups -OCH3 is 2. The SMILES string of the molecule is CCCNC(=O)C1CCN(c2nc(N)c3cc(OC)c(OC)cc3n2)CC1.Cl. The molecule has 3 N–H and O–H groups in total. The van der Waals surface area contributed by atoms with Gasteiger partial charge in [-0.2, -0.15) is 4.98 Å². The Bertz CT molecular complexity index is 825. The molecule has 2 aromatic rings. The summed E-state index contributed by atoms with van der Waals surface area (Å²) in [6, 6.07) is 3.60. The van der Waals surface area contributed by atoms with Crippen molar-refractivity contribution >= 4 is 41.0 Å². The van der Waals surface area contributed by atoms with E-state index in [4.69, 9.17) is 15.2 Å². The minimum atomic E-state index is 0. The van der Waals surface area contributed by atoms with E-state index in [1.165, 1.54) is 0 Å². The van der Waals surface area contributed by atoms with Gasteiger partial charge in [-0.15, -0.1) is 12.4 Å². The third kappa shape index (κ3) is 4.49. The van der Waals surface area contributed by atoms with E-state index in [0.29, 0.717) is 28.8 Å². The Balaban J connectivity index is 0.00000280. The summed E-state index contributed by atoms with van der Waals surface area (Å²) in [6.07, 6.45) is 2.51. The minimum absolute atomic E-state index is 0. The lowest BCUT2D eigenvalue weighted by atomic mass is 9.96. The first-order valence-corrected chi connectivity index (χ1v) is 9.29. The zero-order valence-electron chi connectivity index (χ0n) is 16.5. The van der Waals surface area contributed by atoms with Crippen LogP contribution in [-0.2, 0) is 4.79 Å². The Morgan fingerprint density at radius 2 is 1.86 bits per heavy atom. The van der Waals surface area contributed by atoms with Crippen LogP contribution >= 0.6 is 12.4 Å². The molecule has 0 atom stereocenters. The third-order valence-corrected chi connectivity index (χ3v) is 4.92. The van der Waals surface area contributed by atoms with Crippen LogP contribution in [0.15, 0.2) is 12.1 Å². The van der Waals surface area contributed by atoms with Gasteiger partial charge in [0.05, 0.1) is 19.7 Å². The van der Waals surface area contributed by atoms with Gasteiger partial charge >= 0.3 is 0 Å². The van der Waals surface area contributed by atoms with Crippen LogP contribution in [-0.4, -0.2) is 49.7 Å². The van der Waals surface area contributed by atoms with Gasteiger partial charge in [0, 0.05) is 37.0 Å². The molecule has 8 nitrogen and oxygen atoms in total. The van der Waals surface area contributed by atoms with Crippen molar-refractivity contribution in [3.8, 4) is 11.5 Å². The van der Waals surface area contributed by atoms with E-state index in [1.807, 2.05) is 0 Å². The quantitative estimate of drug-likeness (QED) is 0.754. The molecule has 1 aliphatic rings. The van der Waals surface area contributed by atoms with Gasteiger partial charge in [0.2, 0.25) is 11.9 Å². The number of hydrogen-bond donors (Lipinski definition) is 2. The highest BCUT2D eigenvalue weighted by Gasteiger charge is 2.26. The highest BCUT2D eigenvalue weighted by atomic mass is 35.5. The fraction of sp³-hybridized carbons (Fsp3) is 0.526. The van der Waals surface area contributed by atoms with E-state index in [0.717, 1.165) is 44.3 Å². The Kier molecular flexibility index (Phi) is 7.51. The van der Waals surface area contributed by atoms with Gasteiger partial charge in [-0.3, -0.25) is 4.79 Å². The molecule has 2 heterocycles. The van der Waals surface area contributed by atoms with Crippen LogP contribution in [0.5, 0.6) is 11.5 Å². The second-order valence-electron chi connectivity index (χ2n) is 6.69. The van der Waals surface area contributed by atoms with E-state index < -0.39 is 0 Å². The molecule has 28 heavy (non-hydrogen) atoms. The van der Waals surface area contributed by atoms with Crippen molar-refractivity contribution in [1.29, 1.82) is 0 Å². The Morgan fingerprint density at radius 3 is 2.46 bits per heavy atom. The molecule has 1 saturated heterocycles. The molecule has 1 aromatic heterocycles. The standard InChI is InChI=1S/C19H27N5O3.ClH/c1-4-7-21-18(25)12-5-8-24(9-6-12)19-22-14-11-16(27-3)15(26-2)10-13(14)17(20)23-19;/h10-12H,4-9H2,1-3H3,(H,21,25)(H2,20,22,23);1H. The lowest BCUT2D eigenvalue weighted by molar-refractivity contribution is -0.125. The smallest absolute Gasteiger partial charge is 0.227 e. The average molecular weight is 410 g/mol. The Labute approximate surface area is 171 Å². The second-order valence-corrected chi connectivity index (χ2v) is 6.69. The molecule has 154 valence electrons. The maximum atomic E-state index is 12.2. The monoisotopic (exact) mass is 409 g/mol. The molecule has 3 rings (SSSR count). The maximum absolute atomic E-state index is 12.2. The number of aromatic nitrogens is 2. The van der Waals surface area contributed by atoms with Crippen LogP contribution in [0.25, 0.3) is 10.9 Å². The fourth-order valence-electron chi connectivity index (χ4n) is 3.34. The first kappa shape index (κ1) is 21.8. The molecule has 0 bridgehead atoms. The summed E-state index contributed by atoms with van der Waals surface area (Å²) in [7, 11) is 3.17. The van der Waals surface area contributed by atoms with Crippen molar-refractivity contribution in [3.63, 3.8) is 0 Å². The maximum Gasteiger partial charge on any atom is 0.227 e. The summed E-state index contributed by atoms with van der Waals surface area (Å²) < 4.78 is 10.7. The number of anilines is 2. The van der Waals surface area contributed by atoms with E-state index >= 15 is 0 Å². The Hall–Kier alpha value is -2.48. The summed E-state index contributed by atoms with van der Waals surface area (Å²) in [6.45, 7) is 4.23. The molecule has 0 radical (unpaired) electrons. The van der Waals surface area contributed by atoms with Crippen molar-refractivity contribution in [3.05, 3.63) is 12.1 Å². The van der Waals surface area contributed by atoms with E-state index in [9.17, 15) is 4.79 Å². The van der Waals surface area contributed by atoms with Gasteiger partial charge in [0.15, 0.2) is 11.5 Å². The van der Waals surface area contributed by atoms with Crippen molar-refractivity contribution in [2.45, 2.75) is 26.2 Å². The largest absolute Gasteiger partial charge is 0.493 e. The Morgan fingerprint density at radius 1 is 1.21 bits per heavy atom. The number of nitrogens with one attached hydrogen (secondary N) is 1. The predicted molar refractivity (Wildman–Crippen MR) is 113 cm³/mol. The number of carbonyl (C=O) groups excluding carboxylic acids is 1. The van der Waals surface area contributed by atoms with Crippen molar-refractivity contribution in [2.75, 3.05) is 44.5 Å². The molecule has 1 aromatic carbocycles. The first-order chi connectivity index (χ1) is 13.1. The number of nitrogens with two attached hydrogens (primary N) is 1. The van der Waals surface area contributed by atoms with Crippen molar-refractivity contribution in [2.24, 2.45) is 5.92 Å². The number of rotatable bonds is 6. The fourth-order valence-corrected chi connectivity index (χ4v) is 3.34. The normalized spacial score (nSPS) is 14.5. The summed E-state index contributed by atoms with van der Waals surface area (Å²) in [4.78, 5) is 23.4. The number of carbonyl (C=O) groups is 1. The number of ether oxygens (including phenoxy) is 2. The number of halogens is 1. The van der Waals surface area contributed by atoms with Gasteiger partial charge in [0.25, 0.3) is 0 Å². The average Bonchev–Trinajstić information content (AvgIpc) is 2.71. The highest BCUT2D eigenvalue weighted by Crippen LogP contribution is 2.34. The molecule has 0 aliphatic carbocycles. The van der Waals surface area contributed by atoms with Crippen LogP contribution < -0.4 is 25.4 Å².